The van der Waals surface area contributed by atoms with Gasteiger partial charge in [-0.15, -0.1) is 0 Å². The monoisotopic (exact) mass is 284 g/mol. The lowest BCUT2D eigenvalue weighted by molar-refractivity contribution is -0.136. The van der Waals surface area contributed by atoms with E-state index in [1.807, 2.05) is 18.2 Å². The zero-order valence-electron chi connectivity index (χ0n) is 11.9. The highest BCUT2D eigenvalue weighted by molar-refractivity contribution is 5.70. The summed E-state index contributed by atoms with van der Waals surface area (Å²) in [7, 11) is 1.76. The van der Waals surface area contributed by atoms with Crippen molar-refractivity contribution >= 4 is 11.8 Å². The largest absolute Gasteiger partial charge is 0.481 e. The Morgan fingerprint density at radius 1 is 1.43 bits per heavy atom. The molecule has 1 heterocycles. The molecule has 0 amide bonds. The lowest BCUT2D eigenvalue weighted by atomic mass is 10.0. The van der Waals surface area contributed by atoms with Gasteiger partial charge in [-0.25, -0.2) is 0 Å². The number of aryl methyl sites for hydroxylation is 2. The molecule has 6 heteroatoms. The second kappa shape index (κ2) is 6.09. The molecule has 6 nitrogen and oxygen atoms in total. The predicted molar refractivity (Wildman–Crippen MR) is 77.8 cm³/mol. The number of aliphatic carboxylic acids is 1. The Kier molecular flexibility index (Phi) is 4.24. The van der Waals surface area contributed by atoms with Crippen molar-refractivity contribution in [3.05, 3.63) is 46.6 Å². The summed E-state index contributed by atoms with van der Waals surface area (Å²) in [4.78, 5) is 10.9. The maximum atomic E-state index is 10.9. The van der Waals surface area contributed by atoms with Crippen molar-refractivity contribution in [2.75, 3.05) is 5.32 Å². The third-order valence-electron chi connectivity index (χ3n) is 3.24. The number of carboxylic acids is 1. The molecule has 0 saturated heterocycles. The predicted octanol–water partition coefficient (Wildman–Crippen LogP) is 1.84. The third-order valence-corrected chi connectivity index (χ3v) is 3.24. The quantitative estimate of drug-likeness (QED) is 0.874. The Labute approximate surface area is 122 Å². The summed E-state index contributed by atoms with van der Waals surface area (Å²) in [5.41, 5.74) is 2.83. The fourth-order valence-corrected chi connectivity index (χ4v) is 2.24. The Morgan fingerprint density at radius 2 is 2.10 bits per heavy atom. The van der Waals surface area contributed by atoms with E-state index >= 15 is 0 Å². The minimum absolute atomic E-state index is 0.0205. The molecule has 0 aliphatic heterocycles. The molecule has 0 aliphatic rings. The first kappa shape index (κ1) is 14.6. The minimum Gasteiger partial charge on any atom is -0.481 e. The highest BCUT2D eigenvalue weighted by Gasteiger charge is 2.13. The van der Waals surface area contributed by atoms with Crippen LogP contribution in [0.3, 0.4) is 0 Å². The zero-order chi connectivity index (χ0) is 15.4. The first-order chi connectivity index (χ1) is 10.0. The van der Waals surface area contributed by atoms with Crippen molar-refractivity contribution in [1.29, 1.82) is 5.26 Å². The minimum atomic E-state index is -0.864. The molecule has 2 N–H and O–H groups in total. The van der Waals surface area contributed by atoms with Crippen molar-refractivity contribution in [2.45, 2.75) is 19.9 Å². The van der Waals surface area contributed by atoms with Crippen LogP contribution in [0, 0.1) is 18.3 Å². The fraction of sp³-hybridized carbons (Fsp3) is 0.267. The van der Waals surface area contributed by atoms with Gasteiger partial charge < -0.3 is 10.4 Å². The Morgan fingerprint density at radius 3 is 2.71 bits per heavy atom. The zero-order valence-corrected chi connectivity index (χ0v) is 11.9. The molecule has 0 bridgehead atoms. The summed E-state index contributed by atoms with van der Waals surface area (Å²) < 4.78 is 1.62. The number of anilines is 1. The van der Waals surface area contributed by atoms with Crippen LogP contribution in [0.2, 0.25) is 0 Å². The Balaban J connectivity index is 2.21. The molecule has 108 valence electrons. The van der Waals surface area contributed by atoms with Crippen molar-refractivity contribution in [3.8, 4) is 6.07 Å². The summed E-state index contributed by atoms with van der Waals surface area (Å²) in [5.74, 6) is -0.225. The first-order valence-corrected chi connectivity index (χ1v) is 6.49. The second-order valence-corrected chi connectivity index (χ2v) is 4.74. The van der Waals surface area contributed by atoms with Crippen molar-refractivity contribution in [3.63, 3.8) is 0 Å². The lowest BCUT2D eigenvalue weighted by Gasteiger charge is -2.10. The molecule has 0 radical (unpaired) electrons. The summed E-state index contributed by atoms with van der Waals surface area (Å²) in [5, 5.41) is 25.5. The molecule has 21 heavy (non-hydrogen) atoms. The normalized spacial score (nSPS) is 10.1. The molecule has 1 aromatic carbocycles. The number of rotatable bonds is 5. The molecule has 0 saturated carbocycles. The highest BCUT2D eigenvalue weighted by atomic mass is 16.4. The van der Waals surface area contributed by atoms with Gasteiger partial charge in [-0.1, -0.05) is 24.3 Å². The van der Waals surface area contributed by atoms with Gasteiger partial charge in [0.2, 0.25) is 0 Å². The van der Waals surface area contributed by atoms with E-state index in [-0.39, 0.29) is 6.42 Å². The number of hydrogen-bond acceptors (Lipinski definition) is 4. The van der Waals surface area contributed by atoms with E-state index in [0.29, 0.717) is 23.6 Å². The number of carboxylic acid groups (broad SMARTS) is 1. The molecular formula is C15H16N4O2. The van der Waals surface area contributed by atoms with Gasteiger partial charge in [0.05, 0.1) is 12.1 Å². The molecule has 0 fully saturated rings. The molecule has 1 aromatic heterocycles. The molecular weight excluding hydrogens is 268 g/mol. The van der Waals surface area contributed by atoms with E-state index < -0.39 is 5.97 Å². The first-order valence-electron chi connectivity index (χ1n) is 6.49. The van der Waals surface area contributed by atoms with Crippen LogP contribution in [-0.2, 0) is 24.8 Å². The number of aromatic nitrogens is 2. The standard InChI is InChI=1S/C15H16N4O2/c1-10-13(8-16)15(19(2)18-10)17-9-12-6-4-3-5-11(12)7-14(20)21/h3-6,17H,7,9H2,1-2H3,(H,20,21). The lowest BCUT2D eigenvalue weighted by Crippen LogP contribution is -2.09. The average Bonchev–Trinajstić information content (AvgIpc) is 2.70. The number of nitrogens with one attached hydrogen (secondary N) is 1. The fourth-order valence-electron chi connectivity index (χ4n) is 2.24. The smallest absolute Gasteiger partial charge is 0.307 e. The number of benzene rings is 1. The summed E-state index contributed by atoms with van der Waals surface area (Å²) in [6.45, 7) is 2.22. The van der Waals surface area contributed by atoms with E-state index in [1.54, 1.807) is 24.7 Å². The van der Waals surface area contributed by atoms with E-state index in [4.69, 9.17) is 10.4 Å². The summed E-state index contributed by atoms with van der Waals surface area (Å²) in [6, 6.07) is 9.48. The summed E-state index contributed by atoms with van der Waals surface area (Å²) >= 11 is 0. The van der Waals surface area contributed by atoms with Gasteiger partial charge >= 0.3 is 5.97 Å². The van der Waals surface area contributed by atoms with E-state index in [0.717, 1.165) is 11.1 Å². The van der Waals surface area contributed by atoms with Gasteiger partial charge in [0, 0.05) is 13.6 Å². The number of hydrogen-bond donors (Lipinski definition) is 2. The van der Waals surface area contributed by atoms with Gasteiger partial charge in [0.1, 0.15) is 17.5 Å². The maximum Gasteiger partial charge on any atom is 0.307 e. The summed E-state index contributed by atoms with van der Waals surface area (Å²) in [6.07, 6.45) is -0.0205. The Hall–Kier alpha value is -2.81. The Bertz CT molecular complexity index is 713. The van der Waals surface area contributed by atoms with Gasteiger partial charge in [0.25, 0.3) is 0 Å². The number of nitrogens with zero attached hydrogens (tertiary/aromatic N) is 3. The second-order valence-electron chi connectivity index (χ2n) is 4.74. The van der Waals surface area contributed by atoms with E-state index in [1.165, 1.54) is 0 Å². The van der Waals surface area contributed by atoms with Gasteiger partial charge in [-0.05, 0) is 18.1 Å². The molecule has 0 atom stereocenters. The van der Waals surface area contributed by atoms with Crippen LogP contribution >= 0.6 is 0 Å². The van der Waals surface area contributed by atoms with Crippen LogP contribution in [0.15, 0.2) is 24.3 Å². The van der Waals surface area contributed by atoms with Gasteiger partial charge in [-0.3, -0.25) is 9.48 Å². The van der Waals surface area contributed by atoms with E-state index in [9.17, 15) is 4.79 Å². The van der Waals surface area contributed by atoms with Crippen molar-refractivity contribution in [1.82, 2.24) is 9.78 Å². The highest BCUT2D eigenvalue weighted by Crippen LogP contribution is 2.19. The molecule has 2 rings (SSSR count). The van der Waals surface area contributed by atoms with Crippen LogP contribution in [-0.4, -0.2) is 20.9 Å². The van der Waals surface area contributed by atoms with Crippen molar-refractivity contribution < 1.29 is 9.90 Å². The molecule has 0 unspecified atom stereocenters. The topological polar surface area (TPSA) is 90.9 Å². The SMILES string of the molecule is Cc1nn(C)c(NCc2ccccc2CC(=O)O)c1C#N. The van der Waals surface area contributed by atoms with E-state index in [2.05, 4.69) is 16.5 Å². The van der Waals surface area contributed by atoms with Crippen LogP contribution in [0.25, 0.3) is 0 Å². The molecule has 0 spiro atoms. The van der Waals surface area contributed by atoms with Crippen LogP contribution < -0.4 is 5.32 Å². The van der Waals surface area contributed by atoms with Crippen LogP contribution in [0.1, 0.15) is 22.4 Å². The van der Waals surface area contributed by atoms with Crippen LogP contribution in [0.5, 0.6) is 0 Å². The van der Waals surface area contributed by atoms with Gasteiger partial charge in [0.15, 0.2) is 0 Å². The van der Waals surface area contributed by atoms with Gasteiger partial charge in [-0.2, -0.15) is 10.4 Å². The van der Waals surface area contributed by atoms with Crippen LogP contribution in [0.4, 0.5) is 5.82 Å². The number of carbonyl (C=O) groups is 1. The molecule has 0 aliphatic carbocycles. The third kappa shape index (κ3) is 3.20. The average molecular weight is 284 g/mol. The van der Waals surface area contributed by atoms with Crippen molar-refractivity contribution in [2.24, 2.45) is 7.05 Å². The maximum absolute atomic E-state index is 10.9. The molecule has 2 aromatic rings. The number of nitriles is 1.